The number of hydrogen-bond acceptors (Lipinski definition) is 3. The molecule has 0 spiro atoms. The predicted molar refractivity (Wildman–Crippen MR) is 94.9 cm³/mol. The zero-order chi connectivity index (χ0) is 17.1. The van der Waals surface area contributed by atoms with Crippen molar-refractivity contribution in [2.45, 2.75) is 52.0 Å². The number of hydrogen-bond donors (Lipinski definition) is 2. The maximum Gasteiger partial charge on any atom is 0.320 e. The lowest BCUT2D eigenvalue weighted by Gasteiger charge is -2.22. The molecule has 0 bridgehead atoms. The Morgan fingerprint density at radius 3 is 2.58 bits per heavy atom. The Labute approximate surface area is 142 Å². The van der Waals surface area contributed by atoms with Crippen LogP contribution in [0.25, 0.3) is 11.1 Å². The standard InChI is InChI=1S/C18H25N5O/c1-12-10-19-17(9-15(12)16-11-20-23(3)13(16)2)22-18(24)21-14-7-5-4-6-8-14/h9-11,14H,4-8H2,1-3H3,(H2,19,21,22,24). The molecule has 2 aromatic heterocycles. The Morgan fingerprint density at radius 2 is 1.92 bits per heavy atom. The highest BCUT2D eigenvalue weighted by Gasteiger charge is 2.16. The molecular formula is C18H25N5O. The first-order valence-corrected chi connectivity index (χ1v) is 8.57. The van der Waals surface area contributed by atoms with Gasteiger partial charge in [-0.3, -0.25) is 10.00 Å². The Kier molecular flexibility index (Phi) is 4.83. The Morgan fingerprint density at radius 1 is 1.17 bits per heavy atom. The summed E-state index contributed by atoms with van der Waals surface area (Å²) in [5.41, 5.74) is 4.25. The van der Waals surface area contributed by atoms with Gasteiger partial charge in [-0.1, -0.05) is 19.3 Å². The van der Waals surface area contributed by atoms with Gasteiger partial charge in [0.05, 0.1) is 6.20 Å². The second-order valence-corrected chi connectivity index (χ2v) is 6.59. The van der Waals surface area contributed by atoms with Crippen LogP contribution in [0.3, 0.4) is 0 Å². The monoisotopic (exact) mass is 327 g/mol. The van der Waals surface area contributed by atoms with Gasteiger partial charge in [0.1, 0.15) is 5.82 Å². The van der Waals surface area contributed by atoms with Gasteiger partial charge in [-0.15, -0.1) is 0 Å². The maximum absolute atomic E-state index is 12.2. The molecule has 0 aliphatic heterocycles. The molecule has 2 aromatic rings. The molecule has 0 unspecified atom stereocenters. The molecule has 1 saturated carbocycles. The van der Waals surface area contributed by atoms with Crippen LogP contribution in [0.1, 0.15) is 43.4 Å². The Bertz CT molecular complexity index is 731. The van der Waals surface area contributed by atoms with E-state index in [-0.39, 0.29) is 12.1 Å². The van der Waals surface area contributed by atoms with Crippen molar-refractivity contribution in [1.82, 2.24) is 20.1 Å². The smallest absolute Gasteiger partial charge is 0.320 e. The molecule has 0 saturated heterocycles. The summed E-state index contributed by atoms with van der Waals surface area (Å²) in [6.45, 7) is 4.05. The highest BCUT2D eigenvalue weighted by Crippen LogP contribution is 2.27. The number of carbonyl (C=O) groups is 1. The summed E-state index contributed by atoms with van der Waals surface area (Å²) in [5.74, 6) is 0.562. The molecule has 0 atom stereocenters. The van der Waals surface area contributed by atoms with Crippen LogP contribution in [0.2, 0.25) is 0 Å². The van der Waals surface area contributed by atoms with Crippen molar-refractivity contribution in [2.24, 2.45) is 7.05 Å². The van der Waals surface area contributed by atoms with Gasteiger partial charge in [0.25, 0.3) is 0 Å². The summed E-state index contributed by atoms with van der Waals surface area (Å²) in [4.78, 5) is 16.5. The number of rotatable bonds is 3. The van der Waals surface area contributed by atoms with E-state index in [9.17, 15) is 4.79 Å². The quantitative estimate of drug-likeness (QED) is 0.905. The van der Waals surface area contributed by atoms with Crippen molar-refractivity contribution < 1.29 is 4.79 Å². The van der Waals surface area contributed by atoms with Crippen molar-refractivity contribution in [3.05, 3.63) is 29.7 Å². The largest absolute Gasteiger partial charge is 0.335 e. The van der Waals surface area contributed by atoms with E-state index in [1.54, 1.807) is 6.20 Å². The fourth-order valence-corrected chi connectivity index (χ4v) is 3.23. The third-order valence-electron chi connectivity index (χ3n) is 4.81. The average Bonchev–Trinajstić information content (AvgIpc) is 2.90. The predicted octanol–water partition coefficient (Wildman–Crippen LogP) is 3.55. The summed E-state index contributed by atoms with van der Waals surface area (Å²) in [5, 5.41) is 10.2. The maximum atomic E-state index is 12.2. The number of pyridine rings is 1. The Hall–Kier alpha value is -2.37. The molecule has 6 nitrogen and oxygen atoms in total. The first kappa shape index (κ1) is 16.5. The van der Waals surface area contributed by atoms with Crippen molar-refractivity contribution >= 4 is 11.8 Å². The molecule has 1 aliphatic rings. The number of nitrogens with one attached hydrogen (secondary N) is 2. The number of anilines is 1. The molecule has 1 fully saturated rings. The van der Waals surface area contributed by atoms with E-state index in [0.717, 1.165) is 35.2 Å². The molecule has 2 N–H and O–H groups in total. The van der Waals surface area contributed by atoms with Gasteiger partial charge in [-0.2, -0.15) is 5.10 Å². The molecule has 128 valence electrons. The topological polar surface area (TPSA) is 71.8 Å². The molecule has 1 aliphatic carbocycles. The van der Waals surface area contributed by atoms with E-state index in [2.05, 4.69) is 20.7 Å². The summed E-state index contributed by atoms with van der Waals surface area (Å²) in [6.07, 6.45) is 9.43. The van der Waals surface area contributed by atoms with Crippen LogP contribution in [-0.4, -0.2) is 26.8 Å². The fourth-order valence-electron chi connectivity index (χ4n) is 3.23. The molecule has 24 heavy (non-hydrogen) atoms. The zero-order valence-electron chi connectivity index (χ0n) is 14.6. The minimum Gasteiger partial charge on any atom is -0.335 e. The van der Waals surface area contributed by atoms with Crippen LogP contribution in [0.5, 0.6) is 0 Å². The second kappa shape index (κ2) is 7.03. The molecule has 0 aromatic carbocycles. The van der Waals surface area contributed by atoms with Crippen LogP contribution in [0, 0.1) is 13.8 Å². The summed E-state index contributed by atoms with van der Waals surface area (Å²) >= 11 is 0. The SMILES string of the molecule is Cc1cnc(NC(=O)NC2CCCCC2)cc1-c1cnn(C)c1C. The van der Waals surface area contributed by atoms with E-state index in [1.807, 2.05) is 37.8 Å². The number of aromatic nitrogens is 3. The highest BCUT2D eigenvalue weighted by atomic mass is 16.2. The number of carbonyl (C=O) groups excluding carboxylic acids is 1. The van der Waals surface area contributed by atoms with Gasteiger partial charge in [0.15, 0.2) is 0 Å². The lowest BCUT2D eigenvalue weighted by molar-refractivity contribution is 0.244. The van der Waals surface area contributed by atoms with Crippen molar-refractivity contribution in [1.29, 1.82) is 0 Å². The van der Waals surface area contributed by atoms with Crippen LogP contribution >= 0.6 is 0 Å². The first-order chi connectivity index (χ1) is 11.5. The van der Waals surface area contributed by atoms with Crippen LogP contribution in [-0.2, 0) is 7.05 Å². The third-order valence-corrected chi connectivity index (χ3v) is 4.81. The fraction of sp³-hybridized carbons (Fsp3) is 0.500. The molecule has 3 rings (SSSR count). The molecule has 6 heteroatoms. The number of urea groups is 1. The summed E-state index contributed by atoms with van der Waals surface area (Å²) in [7, 11) is 1.92. The van der Waals surface area contributed by atoms with E-state index in [0.29, 0.717) is 5.82 Å². The normalized spacial score (nSPS) is 15.3. The van der Waals surface area contributed by atoms with E-state index >= 15 is 0 Å². The van der Waals surface area contributed by atoms with Crippen LogP contribution in [0.15, 0.2) is 18.5 Å². The van der Waals surface area contributed by atoms with Crippen molar-refractivity contribution in [3.63, 3.8) is 0 Å². The summed E-state index contributed by atoms with van der Waals surface area (Å²) < 4.78 is 1.85. The zero-order valence-corrected chi connectivity index (χ0v) is 14.6. The van der Waals surface area contributed by atoms with Gasteiger partial charge >= 0.3 is 6.03 Å². The second-order valence-electron chi connectivity index (χ2n) is 6.59. The van der Waals surface area contributed by atoms with Crippen LogP contribution < -0.4 is 10.6 Å². The van der Waals surface area contributed by atoms with Crippen molar-refractivity contribution in [2.75, 3.05) is 5.32 Å². The van der Waals surface area contributed by atoms with Gasteiger partial charge in [0.2, 0.25) is 0 Å². The lowest BCUT2D eigenvalue weighted by atomic mass is 9.96. The van der Waals surface area contributed by atoms with Crippen molar-refractivity contribution in [3.8, 4) is 11.1 Å². The van der Waals surface area contributed by atoms with E-state index in [4.69, 9.17) is 0 Å². The molecule has 0 radical (unpaired) electrons. The van der Waals surface area contributed by atoms with E-state index < -0.39 is 0 Å². The summed E-state index contributed by atoms with van der Waals surface area (Å²) in [6, 6.07) is 2.02. The number of nitrogens with zero attached hydrogens (tertiary/aromatic N) is 3. The molecule has 2 amide bonds. The van der Waals surface area contributed by atoms with Crippen LogP contribution in [0.4, 0.5) is 10.6 Å². The van der Waals surface area contributed by atoms with Gasteiger partial charge in [-0.25, -0.2) is 9.78 Å². The first-order valence-electron chi connectivity index (χ1n) is 8.57. The molecule has 2 heterocycles. The molecular weight excluding hydrogens is 302 g/mol. The number of aryl methyl sites for hydroxylation is 2. The highest BCUT2D eigenvalue weighted by molar-refractivity contribution is 5.89. The Balaban J connectivity index is 1.73. The van der Waals surface area contributed by atoms with Gasteiger partial charge in [0, 0.05) is 30.5 Å². The van der Waals surface area contributed by atoms with Gasteiger partial charge in [-0.05, 0) is 43.9 Å². The van der Waals surface area contributed by atoms with E-state index in [1.165, 1.54) is 19.3 Å². The van der Waals surface area contributed by atoms with Gasteiger partial charge < -0.3 is 5.32 Å². The minimum absolute atomic E-state index is 0.174. The number of amides is 2. The lowest BCUT2D eigenvalue weighted by Crippen LogP contribution is -2.39. The average molecular weight is 327 g/mol. The third kappa shape index (κ3) is 3.58. The minimum atomic E-state index is -0.174.